The maximum Gasteiger partial charge on any atom is 0.239 e. The lowest BCUT2D eigenvalue weighted by atomic mass is 10.1. The van der Waals surface area contributed by atoms with Crippen molar-refractivity contribution < 1.29 is 19.1 Å². The molecule has 0 saturated heterocycles. The lowest BCUT2D eigenvalue weighted by molar-refractivity contribution is -0.128. The number of ether oxygens (including phenoxy) is 2. The highest BCUT2D eigenvalue weighted by molar-refractivity contribution is 5.86. The molecule has 4 N–H and O–H groups in total. The molecule has 0 aliphatic heterocycles. The largest absolute Gasteiger partial charge is 0.381 e. The van der Waals surface area contributed by atoms with Crippen LogP contribution in [0, 0.1) is 5.92 Å². The second-order valence-electron chi connectivity index (χ2n) is 8.02. The Kier molecular flexibility index (Phi) is 14.2. The van der Waals surface area contributed by atoms with Crippen LogP contribution in [0.1, 0.15) is 66.2 Å². The van der Waals surface area contributed by atoms with Crippen molar-refractivity contribution in [1.82, 2.24) is 10.6 Å². The van der Waals surface area contributed by atoms with Crippen LogP contribution in [0.25, 0.3) is 0 Å². The fourth-order valence-electron chi connectivity index (χ4n) is 2.43. The molecule has 0 aliphatic rings. The Labute approximate surface area is 165 Å². The first-order chi connectivity index (χ1) is 12.7. The van der Waals surface area contributed by atoms with Gasteiger partial charge >= 0.3 is 0 Å². The Balaban J connectivity index is 3.91. The maximum absolute atomic E-state index is 12.0. The summed E-state index contributed by atoms with van der Waals surface area (Å²) in [7, 11) is 1.88. The van der Waals surface area contributed by atoms with Crippen molar-refractivity contribution in [2.24, 2.45) is 11.7 Å². The minimum atomic E-state index is -0.609. The van der Waals surface area contributed by atoms with Gasteiger partial charge in [-0.05, 0) is 65.5 Å². The van der Waals surface area contributed by atoms with Gasteiger partial charge in [-0.25, -0.2) is 0 Å². The van der Waals surface area contributed by atoms with Crippen molar-refractivity contribution in [1.29, 1.82) is 0 Å². The Bertz CT molecular complexity index is 414. The van der Waals surface area contributed by atoms with E-state index in [1.165, 1.54) is 0 Å². The minimum Gasteiger partial charge on any atom is -0.381 e. The number of amides is 2. The third kappa shape index (κ3) is 15.6. The van der Waals surface area contributed by atoms with Gasteiger partial charge in [0.25, 0.3) is 0 Å². The van der Waals surface area contributed by atoms with Crippen LogP contribution < -0.4 is 16.4 Å². The molecule has 0 saturated carbocycles. The molecule has 0 heterocycles. The highest BCUT2D eigenvalue weighted by atomic mass is 16.5. The van der Waals surface area contributed by atoms with Crippen LogP contribution >= 0.6 is 0 Å². The van der Waals surface area contributed by atoms with E-state index in [-0.39, 0.29) is 17.9 Å². The van der Waals surface area contributed by atoms with E-state index in [0.717, 1.165) is 38.8 Å². The zero-order valence-electron chi connectivity index (χ0n) is 17.9. The van der Waals surface area contributed by atoms with Gasteiger partial charge in [-0.15, -0.1) is 0 Å². The van der Waals surface area contributed by atoms with Crippen LogP contribution in [0.3, 0.4) is 0 Å². The molecule has 0 bridgehead atoms. The molecule has 27 heavy (non-hydrogen) atoms. The average molecular weight is 388 g/mol. The molecule has 0 aromatic heterocycles. The first-order valence-electron chi connectivity index (χ1n) is 10.1. The molecule has 1 unspecified atom stereocenters. The van der Waals surface area contributed by atoms with Gasteiger partial charge in [0.15, 0.2) is 0 Å². The molecule has 2 amide bonds. The van der Waals surface area contributed by atoms with Crippen molar-refractivity contribution in [3.8, 4) is 0 Å². The monoisotopic (exact) mass is 387 g/mol. The number of carbonyl (C=O) groups is 2. The third-order valence-electron chi connectivity index (χ3n) is 4.36. The third-order valence-corrected chi connectivity index (χ3v) is 4.36. The zero-order chi connectivity index (χ0) is 20.7. The Morgan fingerprint density at radius 2 is 1.78 bits per heavy atom. The van der Waals surface area contributed by atoms with E-state index in [4.69, 9.17) is 15.2 Å². The van der Waals surface area contributed by atoms with E-state index < -0.39 is 11.9 Å². The van der Waals surface area contributed by atoms with Gasteiger partial charge in [-0.2, -0.15) is 0 Å². The minimum absolute atomic E-state index is 0.208. The second-order valence-corrected chi connectivity index (χ2v) is 8.02. The fraction of sp³-hybridized carbons (Fsp3) is 0.900. The number of unbranched alkanes of at least 4 members (excludes halogenated alkanes) is 1. The molecule has 0 radical (unpaired) electrons. The molecule has 160 valence electrons. The molecule has 0 rings (SSSR count). The number of primary amides is 1. The van der Waals surface area contributed by atoms with Gasteiger partial charge in [0.05, 0.1) is 12.2 Å². The van der Waals surface area contributed by atoms with Gasteiger partial charge < -0.3 is 25.8 Å². The summed E-state index contributed by atoms with van der Waals surface area (Å²) in [5.41, 5.74) is 5.13. The molecule has 0 aromatic carbocycles. The first-order valence-corrected chi connectivity index (χ1v) is 10.1. The van der Waals surface area contributed by atoms with E-state index in [0.29, 0.717) is 25.6 Å². The molecule has 7 heteroatoms. The number of hydrogen-bond acceptors (Lipinski definition) is 5. The van der Waals surface area contributed by atoms with Crippen molar-refractivity contribution >= 4 is 11.8 Å². The van der Waals surface area contributed by atoms with E-state index in [2.05, 4.69) is 38.3 Å². The van der Waals surface area contributed by atoms with Crippen molar-refractivity contribution in [2.45, 2.75) is 77.9 Å². The predicted octanol–water partition coefficient (Wildman–Crippen LogP) is 1.98. The van der Waals surface area contributed by atoms with Crippen LogP contribution in [0.2, 0.25) is 0 Å². The number of hydrogen-bond donors (Lipinski definition) is 3. The van der Waals surface area contributed by atoms with Crippen LogP contribution in [0.4, 0.5) is 0 Å². The van der Waals surface area contributed by atoms with Crippen molar-refractivity contribution in [2.75, 3.05) is 33.4 Å². The first kappa shape index (κ1) is 25.8. The van der Waals surface area contributed by atoms with Gasteiger partial charge in [-0.1, -0.05) is 13.8 Å². The van der Waals surface area contributed by atoms with Crippen LogP contribution in [-0.2, 0) is 19.1 Å². The van der Waals surface area contributed by atoms with Crippen LogP contribution in [0.5, 0.6) is 0 Å². The van der Waals surface area contributed by atoms with Gasteiger partial charge in [0, 0.05) is 19.6 Å². The highest BCUT2D eigenvalue weighted by Gasteiger charge is 2.19. The average Bonchev–Trinajstić information content (AvgIpc) is 2.56. The molecule has 0 aliphatic carbocycles. The van der Waals surface area contributed by atoms with E-state index in [9.17, 15) is 9.59 Å². The van der Waals surface area contributed by atoms with E-state index in [1.807, 2.05) is 7.05 Å². The molecule has 0 fully saturated rings. The smallest absolute Gasteiger partial charge is 0.239 e. The molecule has 0 aromatic rings. The molecule has 7 nitrogen and oxygen atoms in total. The van der Waals surface area contributed by atoms with Crippen molar-refractivity contribution in [3.05, 3.63) is 0 Å². The van der Waals surface area contributed by atoms with Gasteiger partial charge in [0.2, 0.25) is 11.8 Å². The second kappa shape index (κ2) is 14.8. The normalized spacial score (nSPS) is 13.0. The quantitative estimate of drug-likeness (QED) is 0.331. The van der Waals surface area contributed by atoms with Crippen LogP contribution in [-0.4, -0.2) is 56.9 Å². The maximum atomic E-state index is 12.0. The van der Waals surface area contributed by atoms with Crippen LogP contribution in [0.15, 0.2) is 0 Å². The molecule has 0 spiro atoms. The standard InChI is InChI=1S/C20H41N3O4/c1-16(2)9-14-27-20(3,4)11-15-26-13-10-18(24)23-17(19(21)25)8-6-7-12-22-5/h16-17,22H,6-15H2,1-5H3,(H2,21,25)(H,23,24). The lowest BCUT2D eigenvalue weighted by Crippen LogP contribution is -2.44. The summed E-state index contributed by atoms with van der Waals surface area (Å²) >= 11 is 0. The molecular weight excluding hydrogens is 346 g/mol. The number of nitrogens with one attached hydrogen (secondary N) is 2. The molecular formula is C20H41N3O4. The summed E-state index contributed by atoms with van der Waals surface area (Å²) in [6.45, 7) is 10.9. The SMILES string of the molecule is CNCCCCC(NC(=O)CCOCCC(C)(C)OCCC(C)C)C(N)=O. The molecule has 1 atom stereocenters. The van der Waals surface area contributed by atoms with Gasteiger partial charge in [0.1, 0.15) is 6.04 Å². The fourth-order valence-corrected chi connectivity index (χ4v) is 2.43. The summed E-state index contributed by atoms with van der Waals surface area (Å²) in [6.07, 6.45) is 4.36. The summed E-state index contributed by atoms with van der Waals surface area (Å²) in [5, 5.41) is 5.75. The Morgan fingerprint density at radius 3 is 2.37 bits per heavy atom. The van der Waals surface area contributed by atoms with E-state index in [1.54, 1.807) is 0 Å². The van der Waals surface area contributed by atoms with Gasteiger partial charge in [-0.3, -0.25) is 9.59 Å². The summed E-state index contributed by atoms with van der Waals surface area (Å²) in [6, 6.07) is -0.609. The lowest BCUT2D eigenvalue weighted by Gasteiger charge is -2.25. The number of carbonyl (C=O) groups excluding carboxylic acids is 2. The van der Waals surface area contributed by atoms with E-state index >= 15 is 0 Å². The Morgan fingerprint density at radius 1 is 1.07 bits per heavy atom. The Hall–Kier alpha value is -1.18. The summed E-state index contributed by atoms with van der Waals surface area (Å²) < 4.78 is 11.4. The summed E-state index contributed by atoms with van der Waals surface area (Å²) in [5.74, 6) is -0.0722. The van der Waals surface area contributed by atoms with Crippen molar-refractivity contribution in [3.63, 3.8) is 0 Å². The predicted molar refractivity (Wildman–Crippen MR) is 108 cm³/mol. The highest BCUT2D eigenvalue weighted by Crippen LogP contribution is 2.16. The number of rotatable bonds is 17. The topological polar surface area (TPSA) is 103 Å². The zero-order valence-corrected chi connectivity index (χ0v) is 17.9. The number of nitrogens with two attached hydrogens (primary N) is 1. The summed E-state index contributed by atoms with van der Waals surface area (Å²) in [4.78, 5) is 23.4.